The number of aryl methyl sites for hydroxylation is 1. The highest BCUT2D eigenvalue weighted by Gasteiger charge is 2.12. The van der Waals surface area contributed by atoms with Crippen LogP contribution in [0.25, 0.3) is 11.0 Å². The number of nitrogens with two attached hydrogens (primary N) is 1. The molecule has 3 aromatic rings. The molecule has 0 saturated heterocycles. The minimum atomic E-state index is -0.268. The minimum absolute atomic E-state index is 0.268. The maximum atomic E-state index is 14.0. The summed E-state index contributed by atoms with van der Waals surface area (Å²) < 4.78 is 16.1. The average Bonchev–Trinajstić information content (AvgIpc) is 2.80. The van der Waals surface area contributed by atoms with Gasteiger partial charge in [0.15, 0.2) is 0 Å². The van der Waals surface area contributed by atoms with Gasteiger partial charge in [0, 0.05) is 17.7 Å². The molecule has 1 aromatic heterocycles. The zero-order valence-electron chi connectivity index (χ0n) is 12.0. The smallest absolute Gasteiger partial charge is 0.130 e. The Hall–Kier alpha value is -2.36. The average molecular weight is 283 g/mol. The van der Waals surface area contributed by atoms with Crippen molar-refractivity contribution in [1.82, 2.24) is 9.55 Å². The van der Waals surface area contributed by atoms with Crippen LogP contribution in [-0.2, 0) is 13.0 Å². The Labute approximate surface area is 123 Å². The van der Waals surface area contributed by atoms with Crippen molar-refractivity contribution in [2.75, 3.05) is 5.73 Å². The van der Waals surface area contributed by atoms with Crippen LogP contribution in [0.15, 0.2) is 42.5 Å². The highest BCUT2D eigenvalue weighted by Crippen LogP contribution is 2.21. The van der Waals surface area contributed by atoms with Crippen molar-refractivity contribution in [3.63, 3.8) is 0 Å². The van der Waals surface area contributed by atoms with Crippen LogP contribution < -0.4 is 5.73 Å². The van der Waals surface area contributed by atoms with Crippen molar-refractivity contribution in [3.8, 4) is 0 Å². The van der Waals surface area contributed by atoms with Crippen LogP contribution in [-0.4, -0.2) is 9.55 Å². The molecule has 0 aliphatic carbocycles. The summed E-state index contributed by atoms with van der Waals surface area (Å²) in [5, 5.41) is 0. The lowest BCUT2D eigenvalue weighted by atomic mass is 10.2. The second-order valence-electron chi connectivity index (χ2n) is 5.20. The Morgan fingerprint density at radius 3 is 2.76 bits per heavy atom. The number of imidazole rings is 1. The lowest BCUT2D eigenvalue weighted by molar-refractivity contribution is 0.597. The van der Waals surface area contributed by atoms with Crippen molar-refractivity contribution < 1.29 is 4.39 Å². The highest BCUT2D eigenvalue weighted by molar-refractivity contribution is 5.76. The molecule has 0 amide bonds. The van der Waals surface area contributed by atoms with Crippen LogP contribution in [0.4, 0.5) is 10.1 Å². The van der Waals surface area contributed by atoms with E-state index in [-0.39, 0.29) is 5.82 Å². The maximum absolute atomic E-state index is 14.0. The zero-order valence-corrected chi connectivity index (χ0v) is 12.0. The molecule has 4 heteroatoms. The van der Waals surface area contributed by atoms with Gasteiger partial charge in [-0.15, -0.1) is 0 Å². The number of hydrogen-bond donors (Lipinski definition) is 1. The summed E-state index contributed by atoms with van der Waals surface area (Å²) in [5.41, 5.74) is 8.68. The number of rotatable bonds is 4. The summed E-state index contributed by atoms with van der Waals surface area (Å²) in [6.45, 7) is 2.59. The highest BCUT2D eigenvalue weighted by atomic mass is 19.1. The maximum Gasteiger partial charge on any atom is 0.130 e. The van der Waals surface area contributed by atoms with Crippen molar-refractivity contribution in [1.29, 1.82) is 0 Å². The Bertz CT molecular complexity index is 777. The van der Waals surface area contributed by atoms with Gasteiger partial charge in [-0.3, -0.25) is 0 Å². The summed E-state index contributed by atoms with van der Waals surface area (Å²) in [6.07, 6.45) is 1.89. The van der Waals surface area contributed by atoms with Gasteiger partial charge in [0.2, 0.25) is 0 Å². The molecule has 3 nitrogen and oxygen atoms in total. The van der Waals surface area contributed by atoms with E-state index in [1.165, 1.54) is 6.07 Å². The first-order chi connectivity index (χ1) is 10.2. The number of fused-ring (bicyclic) bond motifs is 1. The molecule has 108 valence electrons. The molecule has 2 N–H and O–H groups in total. The van der Waals surface area contributed by atoms with Crippen LogP contribution in [0.3, 0.4) is 0 Å². The Kier molecular flexibility index (Phi) is 3.60. The van der Waals surface area contributed by atoms with E-state index in [1.807, 2.05) is 24.3 Å². The molecule has 0 aliphatic heterocycles. The number of para-hydroxylation sites is 2. The Balaban J connectivity index is 2.07. The third-order valence-electron chi connectivity index (χ3n) is 3.61. The van der Waals surface area contributed by atoms with Gasteiger partial charge < -0.3 is 10.3 Å². The number of nitrogen functional groups attached to an aromatic ring is 1. The molecule has 0 spiro atoms. The second kappa shape index (κ2) is 5.56. The van der Waals surface area contributed by atoms with Gasteiger partial charge in [-0.1, -0.05) is 25.1 Å². The first-order valence-electron chi connectivity index (χ1n) is 7.17. The fraction of sp³-hybridized carbons (Fsp3) is 0.235. The fourth-order valence-corrected chi connectivity index (χ4v) is 2.58. The van der Waals surface area contributed by atoms with Gasteiger partial charge >= 0.3 is 0 Å². The molecule has 0 atom stereocenters. The summed E-state index contributed by atoms with van der Waals surface area (Å²) in [5.74, 6) is 0.727. The van der Waals surface area contributed by atoms with Crippen LogP contribution in [0, 0.1) is 5.82 Å². The predicted octanol–water partition coefficient (Wildman–Crippen LogP) is 3.76. The van der Waals surface area contributed by atoms with Crippen LogP contribution >= 0.6 is 0 Å². The third kappa shape index (κ3) is 2.61. The van der Waals surface area contributed by atoms with Crippen molar-refractivity contribution in [3.05, 3.63) is 59.7 Å². The number of aromatic nitrogens is 2. The molecular weight excluding hydrogens is 265 g/mol. The van der Waals surface area contributed by atoms with Crippen LogP contribution in [0.5, 0.6) is 0 Å². The van der Waals surface area contributed by atoms with Crippen molar-refractivity contribution in [2.45, 2.75) is 26.3 Å². The van der Waals surface area contributed by atoms with Gasteiger partial charge in [-0.2, -0.15) is 0 Å². The van der Waals surface area contributed by atoms with E-state index in [0.717, 1.165) is 29.7 Å². The monoisotopic (exact) mass is 283 g/mol. The van der Waals surface area contributed by atoms with E-state index in [4.69, 9.17) is 5.73 Å². The molecule has 1 heterocycles. The standard InChI is InChI=1S/C17H18FN3/c1-2-5-17-20-15-6-3-4-7-16(15)21(17)11-12-8-9-13(19)10-14(12)18/h3-4,6-10H,2,5,11,19H2,1H3. The van der Waals surface area contributed by atoms with Gasteiger partial charge in [0.25, 0.3) is 0 Å². The first-order valence-corrected chi connectivity index (χ1v) is 7.17. The molecule has 2 aromatic carbocycles. The van der Waals surface area contributed by atoms with Crippen LogP contribution in [0.2, 0.25) is 0 Å². The topological polar surface area (TPSA) is 43.8 Å². The lowest BCUT2D eigenvalue weighted by Gasteiger charge is -2.10. The predicted molar refractivity (Wildman–Crippen MR) is 83.6 cm³/mol. The summed E-state index contributed by atoms with van der Waals surface area (Å²) in [7, 11) is 0. The van der Waals surface area contributed by atoms with E-state index < -0.39 is 0 Å². The fourth-order valence-electron chi connectivity index (χ4n) is 2.58. The van der Waals surface area contributed by atoms with Gasteiger partial charge in [0.05, 0.1) is 17.6 Å². The molecule has 0 fully saturated rings. The first kappa shape index (κ1) is 13.6. The molecule has 0 bridgehead atoms. The van der Waals surface area contributed by atoms with Crippen molar-refractivity contribution in [2.24, 2.45) is 0 Å². The SMILES string of the molecule is CCCc1nc2ccccc2n1Cc1ccc(N)cc1F. The number of hydrogen-bond acceptors (Lipinski definition) is 2. The largest absolute Gasteiger partial charge is 0.399 e. The third-order valence-corrected chi connectivity index (χ3v) is 3.61. The number of benzene rings is 2. The molecule has 3 rings (SSSR count). The molecule has 21 heavy (non-hydrogen) atoms. The molecular formula is C17H18FN3. The van der Waals surface area contributed by atoms with E-state index in [9.17, 15) is 4.39 Å². The number of halogens is 1. The number of anilines is 1. The minimum Gasteiger partial charge on any atom is -0.399 e. The normalized spacial score (nSPS) is 11.1. The van der Waals surface area contributed by atoms with E-state index in [1.54, 1.807) is 12.1 Å². The summed E-state index contributed by atoms with van der Waals surface area (Å²) >= 11 is 0. The molecule has 0 saturated carbocycles. The lowest BCUT2D eigenvalue weighted by Crippen LogP contribution is -2.07. The van der Waals surface area contributed by atoms with E-state index in [0.29, 0.717) is 17.8 Å². The zero-order chi connectivity index (χ0) is 14.8. The van der Waals surface area contributed by atoms with Crippen molar-refractivity contribution >= 4 is 16.7 Å². The molecule has 0 radical (unpaired) electrons. The van der Waals surface area contributed by atoms with E-state index in [2.05, 4.69) is 16.5 Å². The summed E-state index contributed by atoms with van der Waals surface area (Å²) in [6, 6.07) is 12.8. The molecule has 0 unspecified atom stereocenters. The quantitative estimate of drug-likeness (QED) is 0.741. The number of nitrogens with zero attached hydrogens (tertiary/aromatic N) is 2. The second-order valence-corrected chi connectivity index (χ2v) is 5.20. The Morgan fingerprint density at radius 1 is 1.19 bits per heavy atom. The van der Waals surface area contributed by atoms with E-state index >= 15 is 0 Å². The molecule has 0 aliphatic rings. The van der Waals surface area contributed by atoms with Gasteiger partial charge in [0.1, 0.15) is 11.6 Å². The van der Waals surface area contributed by atoms with Gasteiger partial charge in [-0.25, -0.2) is 9.37 Å². The van der Waals surface area contributed by atoms with Crippen LogP contribution in [0.1, 0.15) is 24.7 Å². The Morgan fingerprint density at radius 2 is 2.00 bits per heavy atom. The van der Waals surface area contributed by atoms with Gasteiger partial charge in [-0.05, 0) is 30.7 Å². The summed E-state index contributed by atoms with van der Waals surface area (Å²) in [4.78, 5) is 4.66.